The number of sulfonamides is 1. The highest BCUT2D eigenvalue weighted by Gasteiger charge is 2.27. The Kier molecular flexibility index (Phi) is 7.46. The maximum atomic E-state index is 13.0. The van der Waals surface area contributed by atoms with Crippen molar-refractivity contribution in [3.63, 3.8) is 0 Å². The van der Waals surface area contributed by atoms with E-state index in [9.17, 15) is 23.3 Å². The van der Waals surface area contributed by atoms with Crippen LogP contribution in [0, 0.1) is 13.7 Å². The number of nitro benzene ring substituents is 1. The lowest BCUT2D eigenvalue weighted by atomic mass is 10.1. The number of benzene rings is 3. The van der Waals surface area contributed by atoms with Crippen molar-refractivity contribution in [2.45, 2.75) is 31.2 Å². The van der Waals surface area contributed by atoms with Crippen molar-refractivity contribution in [3.05, 3.63) is 80.4 Å². The Morgan fingerprint density at radius 1 is 1.00 bits per heavy atom. The lowest BCUT2D eigenvalue weighted by molar-refractivity contribution is -0.385. The third-order valence-electron chi connectivity index (χ3n) is 4.38. The fraction of sp³-hybridized carbons (Fsp3) is 0.174. The second kappa shape index (κ2) is 9.97. The number of nitrogens with zero attached hydrogens (tertiary/aromatic N) is 1. The van der Waals surface area contributed by atoms with E-state index >= 15 is 0 Å². The molecule has 2 amide bonds. The minimum Gasteiger partial charge on any atom is -0.456 e. The van der Waals surface area contributed by atoms with Crippen LogP contribution >= 0.6 is 22.6 Å². The summed E-state index contributed by atoms with van der Waals surface area (Å²) in [5.74, 6) is 0.155. The van der Waals surface area contributed by atoms with Crippen molar-refractivity contribution in [1.29, 1.82) is 0 Å². The van der Waals surface area contributed by atoms with Crippen molar-refractivity contribution in [3.8, 4) is 22.6 Å². The van der Waals surface area contributed by atoms with Crippen LogP contribution < -0.4 is 14.8 Å². The molecule has 3 rings (SSSR count). The van der Waals surface area contributed by atoms with Crippen LogP contribution in [0.3, 0.4) is 0 Å². The van der Waals surface area contributed by atoms with Gasteiger partial charge in [0.15, 0.2) is 0 Å². The van der Waals surface area contributed by atoms with Crippen LogP contribution in [-0.2, 0) is 10.0 Å². The molecule has 0 aliphatic carbocycles. The van der Waals surface area contributed by atoms with Crippen molar-refractivity contribution >= 4 is 44.3 Å². The Bertz CT molecular complexity index is 1340. The van der Waals surface area contributed by atoms with E-state index in [-0.39, 0.29) is 5.75 Å². The molecule has 3 aromatic rings. The average molecular weight is 595 g/mol. The number of rotatable bonds is 6. The first-order chi connectivity index (χ1) is 15.8. The summed E-state index contributed by atoms with van der Waals surface area (Å²) < 4.78 is 34.7. The standard InChI is InChI=1S/C23H22IN3O6S/c1-23(2,3)25-22(28)26-34(31,32)21-14-18(27(29)30)11-12-20(21)33-19-6-4-5-16(13-19)15-7-9-17(24)10-8-15/h4-14H,1-3H3,(H2,25,26,28). The Morgan fingerprint density at radius 3 is 2.29 bits per heavy atom. The number of carbonyl (C=O) groups is 1. The van der Waals surface area contributed by atoms with Gasteiger partial charge in [0.05, 0.1) is 4.92 Å². The highest BCUT2D eigenvalue weighted by Crippen LogP contribution is 2.33. The number of urea groups is 1. The molecule has 0 saturated heterocycles. The molecule has 3 aromatic carbocycles. The number of hydrogen-bond acceptors (Lipinski definition) is 6. The first-order valence-corrected chi connectivity index (χ1v) is 12.6. The Morgan fingerprint density at radius 2 is 1.68 bits per heavy atom. The quantitative estimate of drug-likeness (QED) is 0.222. The van der Waals surface area contributed by atoms with Crippen molar-refractivity contribution in [1.82, 2.24) is 10.0 Å². The summed E-state index contributed by atoms with van der Waals surface area (Å²) in [7, 11) is -4.50. The zero-order valence-electron chi connectivity index (χ0n) is 18.5. The van der Waals surface area contributed by atoms with Crippen LogP contribution in [0.1, 0.15) is 20.8 Å². The van der Waals surface area contributed by atoms with Crippen molar-refractivity contribution < 1.29 is 22.9 Å². The Hall–Kier alpha value is -3.19. The zero-order valence-corrected chi connectivity index (χ0v) is 21.5. The van der Waals surface area contributed by atoms with Gasteiger partial charge in [-0.15, -0.1) is 0 Å². The fourth-order valence-electron chi connectivity index (χ4n) is 2.96. The molecular formula is C23H22IN3O6S. The predicted molar refractivity (Wildman–Crippen MR) is 136 cm³/mol. The van der Waals surface area contributed by atoms with Crippen LogP contribution in [0.25, 0.3) is 11.1 Å². The van der Waals surface area contributed by atoms with E-state index < -0.39 is 37.1 Å². The van der Waals surface area contributed by atoms with Gasteiger partial charge >= 0.3 is 6.03 Å². The summed E-state index contributed by atoms with van der Waals surface area (Å²) in [5, 5.41) is 13.7. The molecule has 2 N–H and O–H groups in total. The van der Waals surface area contributed by atoms with Gasteiger partial charge in [-0.2, -0.15) is 0 Å². The van der Waals surface area contributed by atoms with E-state index in [0.29, 0.717) is 5.75 Å². The minimum atomic E-state index is -4.50. The van der Waals surface area contributed by atoms with Crippen LogP contribution in [0.5, 0.6) is 11.5 Å². The smallest absolute Gasteiger partial charge is 0.329 e. The molecule has 0 spiro atoms. The van der Waals surface area contributed by atoms with Gasteiger partial charge in [0.1, 0.15) is 16.4 Å². The van der Waals surface area contributed by atoms with E-state index in [1.54, 1.807) is 39.0 Å². The van der Waals surface area contributed by atoms with E-state index in [4.69, 9.17) is 4.74 Å². The number of amides is 2. The minimum absolute atomic E-state index is 0.165. The number of carbonyl (C=O) groups excluding carboxylic acids is 1. The molecule has 0 bridgehead atoms. The third-order valence-corrected chi connectivity index (χ3v) is 6.45. The number of ether oxygens (including phenoxy) is 1. The molecule has 0 unspecified atom stereocenters. The van der Waals surface area contributed by atoms with Gasteiger partial charge in [0.25, 0.3) is 15.7 Å². The molecule has 9 nitrogen and oxygen atoms in total. The van der Waals surface area contributed by atoms with Crippen LogP contribution in [0.15, 0.2) is 71.6 Å². The van der Waals surface area contributed by atoms with Gasteiger partial charge < -0.3 is 10.1 Å². The summed E-state index contributed by atoms with van der Waals surface area (Å²) >= 11 is 2.21. The molecule has 0 aromatic heterocycles. The Labute approximate surface area is 210 Å². The van der Waals surface area contributed by atoms with Crippen LogP contribution in [0.4, 0.5) is 10.5 Å². The highest BCUT2D eigenvalue weighted by atomic mass is 127. The van der Waals surface area contributed by atoms with Crippen molar-refractivity contribution in [2.75, 3.05) is 0 Å². The highest BCUT2D eigenvalue weighted by molar-refractivity contribution is 14.1. The Balaban J connectivity index is 1.98. The van der Waals surface area contributed by atoms with E-state index in [0.717, 1.165) is 26.8 Å². The number of nitro groups is 1. The maximum absolute atomic E-state index is 13.0. The molecule has 0 radical (unpaired) electrons. The molecule has 11 heteroatoms. The molecule has 0 fully saturated rings. The van der Waals surface area contributed by atoms with Crippen LogP contribution in [0.2, 0.25) is 0 Å². The SMILES string of the molecule is CC(C)(C)NC(=O)NS(=O)(=O)c1cc([N+](=O)[O-])ccc1Oc1cccc(-c2ccc(I)cc2)c1. The first-order valence-electron chi connectivity index (χ1n) is 10.0. The largest absolute Gasteiger partial charge is 0.456 e. The number of nitrogens with one attached hydrogen (secondary N) is 2. The summed E-state index contributed by atoms with van der Waals surface area (Å²) in [6.07, 6.45) is 0. The lowest BCUT2D eigenvalue weighted by Crippen LogP contribution is -2.48. The van der Waals surface area contributed by atoms with E-state index in [1.165, 1.54) is 6.07 Å². The zero-order chi connectivity index (χ0) is 25.1. The second-order valence-electron chi connectivity index (χ2n) is 8.33. The normalized spacial score (nSPS) is 11.5. The van der Waals surface area contributed by atoms with Gasteiger partial charge in [-0.05, 0) is 84.8 Å². The molecule has 0 aliphatic heterocycles. The molecule has 178 valence electrons. The number of halogens is 1. The average Bonchev–Trinajstić information content (AvgIpc) is 2.72. The van der Waals surface area contributed by atoms with Crippen LogP contribution in [-0.4, -0.2) is 24.9 Å². The molecule has 0 heterocycles. The second-order valence-corrected chi connectivity index (χ2v) is 11.2. The first kappa shape index (κ1) is 25.4. The number of non-ortho nitro benzene ring substituents is 1. The summed E-state index contributed by atoms with van der Waals surface area (Å²) in [6, 6.07) is 17.0. The fourth-order valence-corrected chi connectivity index (χ4v) is 4.37. The molecule has 34 heavy (non-hydrogen) atoms. The predicted octanol–water partition coefficient (Wildman–Crippen LogP) is 5.45. The van der Waals surface area contributed by atoms with Gasteiger partial charge in [-0.1, -0.05) is 24.3 Å². The summed E-state index contributed by atoms with van der Waals surface area (Å²) in [6.45, 7) is 5.05. The molecule has 0 atom stereocenters. The van der Waals surface area contributed by atoms with Gasteiger partial charge in [-0.3, -0.25) is 10.1 Å². The van der Waals surface area contributed by atoms with E-state index in [1.807, 2.05) is 35.1 Å². The summed E-state index contributed by atoms with van der Waals surface area (Å²) in [5.41, 5.74) is 0.611. The molecule has 0 aliphatic rings. The summed E-state index contributed by atoms with van der Waals surface area (Å²) in [4.78, 5) is 22.2. The molecular weight excluding hydrogens is 573 g/mol. The topological polar surface area (TPSA) is 128 Å². The van der Waals surface area contributed by atoms with Crippen molar-refractivity contribution in [2.24, 2.45) is 0 Å². The van der Waals surface area contributed by atoms with E-state index in [2.05, 4.69) is 27.9 Å². The van der Waals surface area contributed by atoms with Gasteiger partial charge in [0, 0.05) is 21.2 Å². The third kappa shape index (κ3) is 6.67. The number of hydrogen-bond donors (Lipinski definition) is 2. The monoisotopic (exact) mass is 595 g/mol. The van der Waals surface area contributed by atoms with Gasteiger partial charge in [0.2, 0.25) is 0 Å². The van der Waals surface area contributed by atoms with Gasteiger partial charge in [-0.25, -0.2) is 17.9 Å². The lowest BCUT2D eigenvalue weighted by Gasteiger charge is -2.21. The molecule has 0 saturated carbocycles. The maximum Gasteiger partial charge on any atom is 0.329 e.